The number of fused-ring (bicyclic) bond motifs is 1. The number of hydrogen-bond acceptors (Lipinski definition) is 4. The third-order valence-electron chi connectivity index (χ3n) is 4.34. The zero-order valence-corrected chi connectivity index (χ0v) is 16.5. The van der Waals surface area contributed by atoms with Crippen LogP contribution in [0.2, 0.25) is 0 Å². The number of anilines is 1. The fourth-order valence-electron chi connectivity index (χ4n) is 2.94. The fourth-order valence-corrected chi connectivity index (χ4v) is 3.76. The van der Waals surface area contributed by atoms with Crippen LogP contribution in [0.5, 0.6) is 0 Å². The number of thiazole rings is 1. The van der Waals surface area contributed by atoms with Gasteiger partial charge in [-0.2, -0.15) is 0 Å². The number of aromatic nitrogens is 1. The van der Waals surface area contributed by atoms with Gasteiger partial charge in [-0.1, -0.05) is 36.4 Å². The standard InChI is InChI=1S/C22H17FN4O2S/c23-16-10-8-15(9-11-16)21-24-17(13-30-21)12-20(28)26-27-22(29)25-19-7-3-5-14-4-1-2-6-18(14)19/h1-11,13H,12H2,(H,26,28)(H2,25,27,29). The highest BCUT2D eigenvalue weighted by Gasteiger charge is 2.11. The minimum atomic E-state index is -0.551. The van der Waals surface area contributed by atoms with E-state index in [9.17, 15) is 14.0 Å². The predicted molar refractivity (Wildman–Crippen MR) is 115 cm³/mol. The lowest BCUT2D eigenvalue weighted by Crippen LogP contribution is -2.44. The Morgan fingerprint density at radius 2 is 1.70 bits per heavy atom. The SMILES string of the molecule is O=C(Cc1csc(-c2ccc(F)cc2)n1)NNC(=O)Nc1cccc2ccccc12. The van der Waals surface area contributed by atoms with Crippen LogP contribution in [0.1, 0.15) is 5.69 Å². The number of benzene rings is 3. The van der Waals surface area contributed by atoms with Gasteiger partial charge in [0.1, 0.15) is 10.8 Å². The maximum Gasteiger partial charge on any atom is 0.337 e. The number of nitrogens with zero attached hydrogens (tertiary/aromatic N) is 1. The first-order chi connectivity index (χ1) is 14.6. The van der Waals surface area contributed by atoms with E-state index in [-0.39, 0.29) is 12.2 Å². The van der Waals surface area contributed by atoms with Gasteiger partial charge in [0.05, 0.1) is 17.8 Å². The second-order valence-electron chi connectivity index (χ2n) is 6.48. The molecule has 3 N–H and O–H groups in total. The summed E-state index contributed by atoms with van der Waals surface area (Å²) < 4.78 is 13.0. The average molecular weight is 420 g/mol. The summed E-state index contributed by atoms with van der Waals surface area (Å²) in [6, 6.07) is 18.7. The van der Waals surface area contributed by atoms with Crippen LogP contribution in [0.4, 0.5) is 14.9 Å². The van der Waals surface area contributed by atoms with Crippen LogP contribution in [0.3, 0.4) is 0 Å². The fraction of sp³-hybridized carbons (Fsp3) is 0.0455. The van der Waals surface area contributed by atoms with Gasteiger partial charge in [-0.05, 0) is 35.7 Å². The summed E-state index contributed by atoms with van der Waals surface area (Å²) in [5.74, 6) is -0.721. The second-order valence-corrected chi connectivity index (χ2v) is 7.34. The minimum absolute atomic E-state index is 0.00619. The van der Waals surface area contributed by atoms with Crippen molar-refractivity contribution in [1.29, 1.82) is 0 Å². The van der Waals surface area contributed by atoms with Crippen molar-refractivity contribution < 1.29 is 14.0 Å². The topological polar surface area (TPSA) is 83.1 Å². The van der Waals surface area contributed by atoms with Crippen molar-refractivity contribution in [1.82, 2.24) is 15.8 Å². The number of carbonyl (C=O) groups is 2. The number of nitrogens with one attached hydrogen (secondary N) is 3. The number of carbonyl (C=O) groups excluding carboxylic acids is 2. The molecule has 150 valence electrons. The largest absolute Gasteiger partial charge is 0.337 e. The van der Waals surface area contributed by atoms with Crippen LogP contribution in [0.15, 0.2) is 72.1 Å². The summed E-state index contributed by atoms with van der Waals surface area (Å²) >= 11 is 1.36. The molecule has 8 heteroatoms. The van der Waals surface area contributed by atoms with E-state index in [1.54, 1.807) is 23.6 Å². The van der Waals surface area contributed by atoms with E-state index in [2.05, 4.69) is 21.2 Å². The number of hydrogen-bond donors (Lipinski definition) is 3. The highest BCUT2D eigenvalue weighted by molar-refractivity contribution is 7.13. The van der Waals surface area contributed by atoms with Crippen molar-refractivity contribution in [3.63, 3.8) is 0 Å². The first-order valence-corrected chi connectivity index (χ1v) is 10.0. The summed E-state index contributed by atoms with van der Waals surface area (Å²) in [6.45, 7) is 0. The molecule has 4 aromatic rings. The molecule has 0 spiro atoms. The van der Waals surface area contributed by atoms with Crippen LogP contribution >= 0.6 is 11.3 Å². The minimum Gasteiger partial charge on any atom is -0.306 e. The van der Waals surface area contributed by atoms with Crippen molar-refractivity contribution in [2.75, 3.05) is 5.32 Å². The third kappa shape index (κ3) is 4.61. The van der Waals surface area contributed by atoms with Crippen LogP contribution in [-0.4, -0.2) is 16.9 Å². The van der Waals surface area contributed by atoms with Crippen molar-refractivity contribution >= 4 is 39.7 Å². The molecule has 0 unspecified atom stereocenters. The number of urea groups is 1. The van der Waals surface area contributed by atoms with Crippen molar-refractivity contribution in [2.24, 2.45) is 0 Å². The molecule has 3 amide bonds. The first kappa shape index (κ1) is 19.5. The highest BCUT2D eigenvalue weighted by atomic mass is 32.1. The molecular formula is C22H17FN4O2S. The molecule has 30 heavy (non-hydrogen) atoms. The Bertz CT molecular complexity index is 1200. The molecule has 0 saturated carbocycles. The Morgan fingerprint density at radius 3 is 2.53 bits per heavy atom. The Morgan fingerprint density at radius 1 is 0.933 bits per heavy atom. The molecule has 1 aromatic heterocycles. The van der Waals surface area contributed by atoms with Crippen LogP contribution in [0.25, 0.3) is 21.3 Å². The van der Waals surface area contributed by atoms with Gasteiger partial charge in [0.25, 0.3) is 0 Å². The van der Waals surface area contributed by atoms with Crippen LogP contribution < -0.4 is 16.2 Å². The number of hydrazine groups is 1. The maximum absolute atomic E-state index is 13.0. The van der Waals surface area contributed by atoms with Gasteiger partial charge in [-0.3, -0.25) is 10.2 Å². The summed E-state index contributed by atoms with van der Waals surface area (Å²) in [5, 5.41) is 7.08. The zero-order chi connectivity index (χ0) is 20.9. The van der Waals surface area contributed by atoms with E-state index in [1.165, 1.54) is 23.5 Å². The lowest BCUT2D eigenvalue weighted by molar-refractivity contribution is -0.121. The van der Waals surface area contributed by atoms with E-state index in [0.29, 0.717) is 16.4 Å². The molecule has 0 aliphatic rings. The zero-order valence-electron chi connectivity index (χ0n) is 15.7. The van der Waals surface area contributed by atoms with E-state index >= 15 is 0 Å². The van der Waals surface area contributed by atoms with Gasteiger partial charge in [-0.15, -0.1) is 11.3 Å². The predicted octanol–water partition coefficient (Wildman–Crippen LogP) is 4.50. The molecule has 1 heterocycles. The van der Waals surface area contributed by atoms with Crippen LogP contribution in [-0.2, 0) is 11.2 Å². The Hall–Kier alpha value is -3.78. The molecule has 0 radical (unpaired) electrons. The smallest absolute Gasteiger partial charge is 0.306 e. The molecule has 3 aromatic carbocycles. The Balaban J connectivity index is 1.31. The number of amides is 3. The summed E-state index contributed by atoms with van der Waals surface area (Å²) in [5.41, 5.74) is 6.70. The summed E-state index contributed by atoms with van der Waals surface area (Å²) in [7, 11) is 0. The van der Waals surface area contributed by atoms with Crippen molar-refractivity contribution in [3.05, 3.63) is 83.6 Å². The monoisotopic (exact) mass is 420 g/mol. The number of rotatable bonds is 4. The van der Waals surface area contributed by atoms with Gasteiger partial charge in [-0.25, -0.2) is 19.6 Å². The lowest BCUT2D eigenvalue weighted by atomic mass is 10.1. The highest BCUT2D eigenvalue weighted by Crippen LogP contribution is 2.24. The molecule has 0 aliphatic heterocycles. The molecule has 4 rings (SSSR count). The Kier molecular flexibility index (Phi) is 5.67. The van der Waals surface area contributed by atoms with E-state index in [4.69, 9.17) is 0 Å². The summed E-state index contributed by atoms with van der Waals surface area (Å²) in [6.07, 6.45) is 0.00619. The average Bonchev–Trinajstić information content (AvgIpc) is 3.21. The lowest BCUT2D eigenvalue weighted by Gasteiger charge is -2.10. The Labute approximate surface area is 175 Å². The molecule has 0 fully saturated rings. The van der Waals surface area contributed by atoms with Gasteiger partial charge in [0.15, 0.2) is 0 Å². The van der Waals surface area contributed by atoms with Crippen molar-refractivity contribution in [3.8, 4) is 10.6 Å². The third-order valence-corrected chi connectivity index (χ3v) is 5.28. The van der Waals surface area contributed by atoms with Gasteiger partial charge >= 0.3 is 6.03 Å². The number of halogens is 1. The van der Waals surface area contributed by atoms with E-state index in [0.717, 1.165) is 16.3 Å². The normalized spacial score (nSPS) is 10.6. The van der Waals surface area contributed by atoms with Gasteiger partial charge in [0.2, 0.25) is 5.91 Å². The molecule has 0 atom stereocenters. The van der Waals surface area contributed by atoms with E-state index in [1.807, 2.05) is 36.4 Å². The summed E-state index contributed by atoms with van der Waals surface area (Å²) in [4.78, 5) is 28.7. The molecule has 0 bridgehead atoms. The quantitative estimate of drug-likeness (QED) is 0.425. The maximum atomic E-state index is 13.0. The van der Waals surface area contributed by atoms with Gasteiger partial charge < -0.3 is 5.32 Å². The molecule has 0 saturated heterocycles. The molecule has 6 nitrogen and oxygen atoms in total. The molecule has 0 aliphatic carbocycles. The van der Waals surface area contributed by atoms with E-state index < -0.39 is 11.9 Å². The van der Waals surface area contributed by atoms with Crippen molar-refractivity contribution in [2.45, 2.75) is 6.42 Å². The van der Waals surface area contributed by atoms with Gasteiger partial charge in [0, 0.05) is 16.3 Å². The second kappa shape index (κ2) is 8.71. The first-order valence-electron chi connectivity index (χ1n) is 9.12. The van der Waals surface area contributed by atoms with Crippen LogP contribution in [0, 0.1) is 5.82 Å². The molecular weight excluding hydrogens is 403 g/mol.